The van der Waals surface area contributed by atoms with Gasteiger partial charge in [-0.15, -0.1) is 25.3 Å². The molecule has 0 unspecified atom stereocenters. The number of carbonyl (C=O) groups excluding carboxylic acids is 2. The zero-order chi connectivity index (χ0) is 22.2. The lowest BCUT2D eigenvalue weighted by molar-refractivity contribution is -0.126. The summed E-state index contributed by atoms with van der Waals surface area (Å²) >= 11 is 8.20. The normalized spacial score (nSPS) is 10.9. The third-order valence-corrected chi connectivity index (χ3v) is 4.45. The maximum Gasteiger partial charge on any atom is 0.220 e. The Kier molecular flexibility index (Phi) is 14.1. The van der Waals surface area contributed by atoms with Gasteiger partial charge in [-0.25, -0.2) is 0 Å². The molecule has 9 nitrogen and oxygen atoms in total. The van der Waals surface area contributed by atoms with Gasteiger partial charge in [-0.3, -0.25) is 14.9 Å². The van der Waals surface area contributed by atoms with Crippen LogP contribution in [0, 0.1) is 0 Å². The van der Waals surface area contributed by atoms with E-state index in [1.165, 1.54) is 12.1 Å². The van der Waals surface area contributed by atoms with Gasteiger partial charge in [0.05, 0.1) is 4.71 Å². The molecule has 0 saturated carbocycles. The van der Waals surface area contributed by atoms with Crippen molar-refractivity contribution in [3.8, 4) is 11.5 Å². The van der Waals surface area contributed by atoms with Crippen molar-refractivity contribution in [1.29, 1.82) is 0 Å². The zero-order valence-electron chi connectivity index (χ0n) is 17.0. The van der Waals surface area contributed by atoms with Crippen molar-refractivity contribution in [2.75, 3.05) is 45.8 Å². The third-order valence-electron chi connectivity index (χ3n) is 4.09. The highest BCUT2D eigenvalue weighted by Gasteiger charge is 2.07. The van der Waals surface area contributed by atoms with Crippen molar-refractivity contribution in [2.45, 2.75) is 24.0 Å². The Morgan fingerprint density at radius 3 is 1.97 bits per heavy atom. The summed E-state index contributed by atoms with van der Waals surface area (Å²) in [5.41, 5.74) is 0.798. The predicted molar refractivity (Wildman–Crippen MR) is 124 cm³/mol. The van der Waals surface area contributed by atoms with Crippen LogP contribution in [0.3, 0.4) is 0 Å². The Morgan fingerprint density at radius 2 is 1.37 bits per heavy atom. The number of thiol groups is 2. The van der Waals surface area contributed by atoms with Crippen LogP contribution in [-0.2, 0) is 16.0 Å². The van der Waals surface area contributed by atoms with E-state index in [1.54, 1.807) is 6.07 Å². The van der Waals surface area contributed by atoms with Gasteiger partial charge in [0.2, 0.25) is 11.8 Å². The van der Waals surface area contributed by atoms with Crippen LogP contribution in [-0.4, -0.2) is 72.5 Å². The molecule has 0 bridgehead atoms. The molecule has 0 heterocycles. The van der Waals surface area contributed by atoms with Gasteiger partial charge in [0.1, 0.15) is 0 Å². The number of hydrogen-bond donors (Lipinski definition) is 9. The van der Waals surface area contributed by atoms with Crippen LogP contribution in [0.15, 0.2) is 18.2 Å². The Balaban J connectivity index is 1.95. The molecule has 0 aromatic heterocycles. The molecule has 0 fully saturated rings. The van der Waals surface area contributed by atoms with Crippen LogP contribution in [0.5, 0.6) is 11.5 Å². The summed E-state index contributed by atoms with van der Waals surface area (Å²) in [7, 11) is 0. The first-order valence-electron chi connectivity index (χ1n) is 9.93. The van der Waals surface area contributed by atoms with Gasteiger partial charge in [0, 0.05) is 58.7 Å². The lowest BCUT2D eigenvalue weighted by Gasteiger charge is -2.09. The molecule has 0 atom stereocenters. The number of benzene rings is 1. The van der Waals surface area contributed by atoms with E-state index in [9.17, 15) is 19.8 Å². The number of carbonyl (C=O) groups is 2. The second-order valence-electron chi connectivity index (χ2n) is 6.60. The fourth-order valence-corrected chi connectivity index (χ4v) is 2.74. The molecular formula is C19H33N5O4S2. The van der Waals surface area contributed by atoms with Crippen LogP contribution >= 0.6 is 25.3 Å². The monoisotopic (exact) mass is 459 g/mol. The second kappa shape index (κ2) is 16.1. The van der Waals surface area contributed by atoms with Crippen molar-refractivity contribution in [3.05, 3.63) is 23.8 Å². The summed E-state index contributed by atoms with van der Waals surface area (Å²) in [5.74, 6) is -0.721. The van der Waals surface area contributed by atoms with Gasteiger partial charge < -0.3 is 31.5 Å². The summed E-state index contributed by atoms with van der Waals surface area (Å²) in [6.07, 6.45) is 0.781. The van der Waals surface area contributed by atoms with E-state index in [-0.39, 0.29) is 40.9 Å². The minimum atomic E-state index is -0.200. The highest BCUT2D eigenvalue weighted by Crippen LogP contribution is 2.24. The van der Waals surface area contributed by atoms with Crippen molar-refractivity contribution in [3.63, 3.8) is 0 Å². The van der Waals surface area contributed by atoms with Gasteiger partial charge in [-0.1, -0.05) is 6.07 Å². The first kappa shape index (κ1) is 26.4. The van der Waals surface area contributed by atoms with Crippen LogP contribution in [0.4, 0.5) is 0 Å². The Morgan fingerprint density at radius 1 is 0.800 bits per heavy atom. The molecule has 0 aliphatic rings. The summed E-state index contributed by atoms with van der Waals surface area (Å²) in [6, 6.07) is 4.54. The number of hydrogen-bond acceptors (Lipinski definition) is 9. The van der Waals surface area contributed by atoms with E-state index in [0.29, 0.717) is 26.1 Å². The summed E-state index contributed by atoms with van der Waals surface area (Å²) in [5, 5.41) is 33.8. The molecule has 0 saturated heterocycles. The van der Waals surface area contributed by atoms with E-state index in [4.69, 9.17) is 0 Å². The molecule has 2 amide bonds. The minimum Gasteiger partial charge on any atom is -0.504 e. The van der Waals surface area contributed by atoms with E-state index in [2.05, 4.69) is 51.8 Å². The second-order valence-corrected chi connectivity index (χ2v) is 8.04. The first-order valence-corrected chi connectivity index (χ1v) is 11.0. The van der Waals surface area contributed by atoms with Gasteiger partial charge in [0.25, 0.3) is 0 Å². The van der Waals surface area contributed by atoms with Crippen molar-refractivity contribution in [2.24, 2.45) is 0 Å². The lowest BCUT2D eigenvalue weighted by atomic mass is 10.1. The average Bonchev–Trinajstić information content (AvgIpc) is 2.70. The molecule has 0 aliphatic carbocycles. The van der Waals surface area contributed by atoms with Crippen LogP contribution in [0.25, 0.3) is 0 Å². The molecule has 0 radical (unpaired) electrons. The van der Waals surface area contributed by atoms with Gasteiger partial charge in [-0.2, -0.15) is 0 Å². The predicted octanol–water partition coefficient (Wildman–Crippen LogP) is -0.435. The number of nitrogens with one attached hydrogen (secondary N) is 5. The highest BCUT2D eigenvalue weighted by atomic mass is 32.2. The average molecular weight is 460 g/mol. The molecule has 1 aromatic carbocycles. The molecule has 0 spiro atoms. The van der Waals surface area contributed by atoms with E-state index in [1.807, 2.05) is 0 Å². The fraction of sp³-hybridized carbons (Fsp3) is 0.579. The number of aromatic hydroxyl groups is 2. The molecule has 0 aliphatic heterocycles. The summed E-state index contributed by atoms with van der Waals surface area (Å²) in [4.78, 5) is 23.6. The molecule has 30 heavy (non-hydrogen) atoms. The van der Waals surface area contributed by atoms with Gasteiger partial charge >= 0.3 is 0 Å². The van der Waals surface area contributed by atoms with Crippen LogP contribution in [0.2, 0.25) is 0 Å². The van der Waals surface area contributed by atoms with Gasteiger partial charge in [-0.05, 0) is 24.1 Å². The largest absolute Gasteiger partial charge is 0.504 e. The van der Waals surface area contributed by atoms with Crippen molar-refractivity contribution < 1.29 is 19.8 Å². The smallest absolute Gasteiger partial charge is 0.220 e. The molecular weight excluding hydrogens is 426 g/mol. The Hall–Kier alpha value is -1.66. The van der Waals surface area contributed by atoms with Crippen molar-refractivity contribution in [1.82, 2.24) is 26.6 Å². The maximum absolute atomic E-state index is 11.8. The van der Waals surface area contributed by atoms with E-state index < -0.39 is 0 Å². The fourth-order valence-electron chi connectivity index (χ4n) is 2.48. The molecule has 1 aromatic rings. The third kappa shape index (κ3) is 13.5. The Labute approximate surface area is 188 Å². The number of amides is 2. The molecule has 7 N–H and O–H groups in total. The van der Waals surface area contributed by atoms with Crippen LogP contribution in [0.1, 0.15) is 18.4 Å². The number of rotatable bonds is 16. The highest BCUT2D eigenvalue weighted by molar-refractivity contribution is 7.99. The lowest BCUT2D eigenvalue weighted by Crippen LogP contribution is -2.37. The number of phenols is 2. The number of phenolic OH excluding ortho intramolecular Hbond substituents is 2. The molecule has 170 valence electrons. The quantitative estimate of drug-likeness (QED) is 0.0708. The maximum atomic E-state index is 11.8. The van der Waals surface area contributed by atoms with E-state index in [0.717, 1.165) is 31.7 Å². The SMILES string of the molecule is O=C(CCC(=O)NCCc1ccc(O)c(O)c1)NCCNCCNCCNC(S)S. The van der Waals surface area contributed by atoms with Crippen LogP contribution < -0.4 is 26.6 Å². The Bertz CT molecular complexity index is 649. The summed E-state index contributed by atoms with van der Waals surface area (Å²) < 4.78 is -0.111. The minimum absolute atomic E-state index is 0.111. The van der Waals surface area contributed by atoms with Gasteiger partial charge in [0.15, 0.2) is 11.5 Å². The van der Waals surface area contributed by atoms with Crippen molar-refractivity contribution >= 4 is 37.1 Å². The topological polar surface area (TPSA) is 135 Å². The van der Waals surface area contributed by atoms with E-state index >= 15 is 0 Å². The molecule has 11 heteroatoms. The zero-order valence-corrected chi connectivity index (χ0v) is 18.8. The first-order chi connectivity index (χ1) is 14.4. The summed E-state index contributed by atoms with van der Waals surface area (Å²) in [6.45, 7) is 4.80. The standard InChI is InChI=1S/C19H33N5O4S2/c25-15-2-1-14(13-16(15)26)5-6-22-17(27)3-4-18(28)23-11-9-20-7-8-21-10-12-24-19(29)30/h1-2,13,19-21,24-26,29-30H,3-12H2,(H,22,27)(H,23,28). The molecule has 1 rings (SSSR count).